The van der Waals surface area contributed by atoms with Gasteiger partial charge in [0.1, 0.15) is 11.6 Å². The van der Waals surface area contributed by atoms with Crippen molar-refractivity contribution in [2.75, 3.05) is 7.11 Å². The number of ether oxygens (including phenoxy) is 2. The molecule has 6 heteroatoms. The first-order valence-electron chi connectivity index (χ1n) is 5.62. The van der Waals surface area contributed by atoms with E-state index >= 15 is 0 Å². The summed E-state index contributed by atoms with van der Waals surface area (Å²) in [6, 6.07) is -0.558. The normalized spacial score (nSPS) is 12.8. The number of hydrogen-bond acceptors (Lipinski definition) is 5. The van der Waals surface area contributed by atoms with Crippen molar-refractivity contribution in [3.05, 3.63) is 0 Å². The van der Waals surface area contributed by atoms with Crippen molar-refractivity contribution in [3.8, 4) is 0 Å². The summed E-state index contributed by atoms with van der Waals surface area (Å²) >= 11 is 0. The first-order valence-corrected chi connectivity index (χ1v) is 5.62. The molecule has 17 heavy (non-hydrogen) atoms. The Hall–Kier alpha value is -1.30. The van der Waals surface area contributed by atoms with Crippen molar-refractivity contribution in [1.82, 2.24) is 10.9 Å². The average Bonchev–Trinajstić information content (AvgIpc) is 2.20. The molecule has 0 rings (SSSR count). The zero-order valence-corrected chi connectivity index (χ0v) is 11.1. The van der Waals surface area contributed by atoms with Crippen LogP contribution in [0.25, 0.3) is 0 Å². The third kappa shape index (κ3) is 7.57. The topological polar surface area (TPSA) is 76.7 Å². The van der Waals surface area contributed by atoms with Gasteiger partial charge in [-0.05, 0) is 27.2 Å². The van der Waals surface area contributed by atoms with Crippen LogP contribution < -0.4 is 10.9 Å². The van der Waals surface area contributed by atoms with Gasteiger partial charge in [0.2, 0.25) is 0 Å². The number of hydrazine groups is 1. The molecule has 0 aromatic rings. The highest BCUT2D eigenvalue weighted by Gasteiger charge is 2.20. The molecule has 1 atom stereocenters. The van der Waals surface area contributed by atoms with Gasteiger partial charge in [0.05, 0.1) is 7.11 Å². The van der Waals surface area contributed by atoms with Crippen LogP contribution in [0.1, 0.15) is 40.5 Å². The third-order valence-electron chi connectivity index (χ3n) is 1.81. The van der Waals surface area contributed by atoms with E-state index in [2.05, 4.69) is 15.6 Å². The van der Waals surface area contributed by atoms with Gasteiger partial charge in [0.25, 0.3) is 0 Å². The van der Waals surface area contributed by atoms with Crippen molar-refractivity contribution >= 4 is 12.1 Å². The van der Waals surface area contributed by atoms with Crippen molar-refractivity contribution in [2.45, 2.75) is 52.2 Å². The highest BCUT2D eigenvalue weighted by molar-refractivity contribution is 5.76. The van der Waals surface area contributed by atoms with Gasteiger partial charge in [-0.3, -0.25) is 10.2 Å². The summed E-state index contributed by atoms with van der Waals surface area (Å²) in [6.45, 7) is 7.22. The summed E-state index contributed by atoms with van der Waals surface area (Å²) in [4.78, 5) is 22.7. The molecular formula is C11H22N2O4. The van der Waals surface area contributed by atoms with Crippen molar-refractivity contribution in [2.24, 2.45) is 0 Å². The molecule has 0 radical (unpaired) electrons. The van der Waals surface area contributed by atoms with Crippen LogP contribution in [-0.4, -0.2) is 30.8 Å². The molecule has 2 N–H and O–H groups in total. The molecule has 0 saturated carbocycles. The Morgan fingerprint density at radius 3 is 2.29 bits per heavy atom. The standard InChI is InChI=1S/C11H22N2O4/c1-6-7-8(9(14)16-5)12-13-10(15)17-11(2,3)4/h8,12H,6-7H2,1-5H3,(H,13,15). The van der Waals surface area contributed by atoms with E-state index < -0.39 is 23.7 Å². The molecule has 0 aliphatic rings. The minimum Gasteiger partial charge on any atom is -0.468 e. The number of carbonyl (C=O) groups is 2. The summed E-state index contributed by atoms with van der Waals surface area (Å²) in [5.41, 5.74) is 4.35. The highest BCUT2D eigenvalue weighted by Crippen LogP contribution is 2.06. The monoisotopic (exact) mass is 246 g/mol. The second-order valence-corrected chi connectivity index (χ2v) is 4.64. The fourth-order valence-corrected chi connectivity index (χ4v) is 1.13. The van der Waals surface area contributed by atoms with Crippen molar-refractivity contribution < 1.29 is 19.1 Å². The fraction of sp³-hybridized carbons (Fsp3) is 0.818. The molecule has 6 nitrogen and oxygen atoms in total. The van der Waals surface area contributed by atoms with Gasteiger partial charge in [0.15, 0.2) is 0 Å². The maximum Gasteiger partial charge on any atom is 0.422 e. The van der Waals surface area contributed by atoms with Crippen LogP contribution in [0, 0.1) is 0 Å². The van der Waals surface area contributed by atoms with Crippen molar-refractivity contribution in [3.63, 3.8) is 0 Å². The average molecular weight is 246 g/mol. The lowest BCUT2D eigenvalue weighted by molar-refractivity contribution is -0.143. The van der Waals surface area contributed by atoms with Gasteiger partial charge < -0.3 is 9.47 Å². The Morgan fingerprint density at radius 1 is 1.29 bits per heavy atom. The number of nitrogens with one attached hydrogen (secondary N) is 2. The van der Waals surface area contributed by atoms with E-state index in [-0.39, 0.29) is 0 Å². The van der Waals surface area contributed by atoms with Gasteiger partial charge in [-0.1, -0.05) is 13.3 Å². The molecule has 1 amide bonds. The van der Waals surface area contributed by atoms with E-state index in [4.69, 9.17) is 4.74 Å². The Balaban J connectivity index is 4.13. The number of amides is 1. The number of rotatable bonds is 5. The SMILES string of the molecule is CCCC(NNC(=O)OC(C)(C)C)C(=O)OC. The Labute approximate surface area is 102 Å². The lowest BCUT2D eigenvalue weighted by Crippen LogP contribution is -2.49. The second-order valence-electron chi connectivity index (χ2n) is 4.64. The molecule has 1 unspecified atom stereocenters. The molecule has 0 bridgehead atoms. The maximum absolute atomic E-state index is 11.3. The van der Waals surface area contributed by atoms with Crippen LogP contribution >= 0.6 is 0 Å². The lowest BCUT2D eigenvalue weighted by atomic mass is 10.2. The molecule has 0 aromatic heterocycles. The maximum atomic E-state index is 11.3. The summed E-state index contributed by atoms with van der Waals surface area (Å²) in [6.07, 6.45) is 0.744. The number of esters is 1. The Morgan fingerprint density at radius 2 is 1.88 bits per heavy atom. The van der Waals surface area contributed by atoms with E-state index in [1.54, 1.807) is 20.8 Å². The molecule has 0 aliphatic carbocycles. The lowest BCUT2D eigenvalue weighted by Gasteiger charge is -2.21. The summed E-state index contributed by atoms with van der Waals surface area (Å²) in [7, 11) is 1.31. The number of carbonyl (C=O) groups excluding carboxylic acids is 2. The first kappa shape index (κ1) is 15.7. The van der Waals surface area contributed by atoms with E-state index in [9.17, 15) is 9.59 Å². The molecule has 100 valence electrons. The van der Waals surface area contributed by atoms with Gasteiger partial charge in [-0.2, -0.15) is 0 Å². The first-order chi connectivity index (χ1) is 7.80. The predicted molar refractivity (Wildman–Crippen MR) is 63.2 cm³/mol. The summed E-state index contributed by atoms with van der Waals surface area (Å²) < 4.78 is 9.62. The fourth-order valence-electron chi connectivity index (χ4n) is 1.13. The number of methoxy groups -OCH3 is 1. The molecule has 0 fully saturated rings. The van der Waals surface area contributed by atoms with Gasteiger partial charge >= 0.3 is 12.1 Å². The minimum atomic E-state index is -0.623. The van der Waals surface area contributed by atoms with Crippen LogP contribution in [0.4, 0.5) is 4.79 Å². The second kappa shape index (κ2) is 7.11. The summed E-state index contributed by atoms with van der Waals surface area (Å²) in [5.74, 6) is -0.414. The zero-order valence-electron chi connectivity index (χ0n) is 11.1. The minimum absolute atomic E-state index is 0.414. The van der Waals surface area contributed by atoms with Gasteiger partial charge in [0, 0.05) is 0 Å². The Kier molecular flexibility index (Phi) is 6.57. The summed E-state index contributed by atoms with van der Waals surface area (Å²) in [5, 5.41) is 0. The molecule has 0 heterocycles. The molecule has 0 saturated heterocycles. The van der Waals surface area contributed by atoms with Crippen LogP contribution in [0.2, 0.25) is 0 Å². The molecular weight excluding hydrogens is 224 g/mol. The molecule has 0 aliphatic heterocycles. The largest absolute Gasteiger partial charge is 0.468 e. The van der Waals surface area contributed by atoms with Crippen LogP contribution in [0.3, 0.4) is 0 Å². The van der Waals surface area contributed by atoms with Gasteiger partial charge in [-0.15, -0.1) is 0 Å². The molecule has 0 aromatic carbocycles. The van der Waals surface area contributed by atoms with Crippen LogP contribution in [-0.2, 0) is 14.3 Å². The van der Waals surface area contributed by atoms with Gasteiger partial charge in [-0.25, -0.2) is 10.2 Å². The number of hydrogen-bond donors (Lipinski definition) is 2. The van der Waals surface area contributed by atoms with Crippen LogP contribution in [0.5, 0.6) is 0 Å². The zero-order chi connectivity index (χ0) is 13.5. The van der Waals surface area contributed by atoms with E-state index in [1.807, 2.05) is 6.92 Å². The predicted octanol–water partition coefficient (Wildman–Crippen LogP) is 1.36. The quantitative estimate of drug-likeness (QED) is 0.565. The van der Waals surface area contributed by atoms with E-state index in [0.717, 1.165) is 6.42 Å². The van der Waals surface area contributed by atoms with Crippen molar-refractivity contribution in [1.29, 1.82) is 0 Å². The van der Waals surface area contributed by atoms with Crippen LogP contribution in [0.15, 0.2) is 0 Å². The smallest absolute Gasteiger partial charge is 0.422 e. The molecule has 0 spiro atoms. The highest BCUT2D eigenvalue weighted by atomic mass is 16.6. The van der Waals surface area contributed by atoms with E-state index in [1.165, 1.54) is 7.11 Å². The van der Waals surface area contributed by atoms with E-state index in [0.29, 0.717) is 6.42 Å². The third-order valence-corrected chi connectivity index (χ3v) is 1.81. The Bertz CT molecular complexity index is 261.